The van der Waals surface area contributed by atoms with Crippen LogP contribution in [0.5, 0.6) is 0 Å². The van der Waals surface area contributed by atoms with Crippen molar-refractivity contribution in [1.82, 2.24) is 5.32 Å². The second-order valence-electron chi connectivity index (χ2n) is 3.70. The first-order chi connectivity index (χ1) is 8.28. The van der Waals surface area contributed by atoms with Gasteiger partial charge in [-0.1, -0.05) is 17.7 Å². The average molecular weight is 281 g/mol. The fourth-order valence-electron chi connectivity index (χ4n) is 1.22. The summed E-state index contributed by atoms with van der Waals surface area (Å²) in [5, 5.41) is 4.98. The number of carbonyl (C=O) groups is 1. The summed E-state index contributed by atoms with van der Waals surface area (Å²) in [6.07, 6.45) is -4.40. The van der Waals surface area contributed by atoms with Crippen LogP contribution in [-0.2, 0) is 4.79 Å². The summed E-state index contributed by atoms with van der Waals surface area (Å²) in [5.74, 6) is -0.730. The van der Waals surface area contributed by atoms with Crippen molar-refractivity contribution in [2.75, 3.05) is 18.4 Å². The molecular weight excluding hydrogens is 269 g/mol. The Morgan fingerprint density at radius 1 is 1.39 bits per heavy atom. The fraction of sp³-hybridized carbons (Fsp3) is 0.364. The van der Waals surface area contributed by atoms with Crippen molar-refractivity contribution in [3.05, 3.63) is 28.8 Å². The first kappa shape index (κ1) is 14.6. The summed E-state index contributed by atoms with van der Waals surface area (Å²) in [6.45, 7) is 0.228. The Kier molecular flexibility index (Phi) is 4.84. The van der Waals surface area contributed by atoms with Crippen LogP contribution in [0.25, 0.3) is 0 Å². The first-order valence-corrected chi connectivity index (χ1v) is 5.49. The molecule has 0 bridgehead atoms. The van der Waals surface area contributed by atoms with Crippen molar-refractivity contribution >= 4 is 23.2 Å². The molecule has 2 N–H and O–H groups in total. The van der Waals surface area contributed by atoms with Crippen LogP contribution in [-0.4, -0.2) is 25.2 Å². The standard InChI is InChI=1S/C11H12ClF3N2O/c1-7-2-3-8(12)4-9(7)16-5-10(18)17-6-11(13,14)15/h2-4,16H,5-6H2,1H3,(H,17,18). The van der Waals surface area contributed by atoms with Gasteiger partial charge in [0.05, 0.1) is 6.54 Å². The average Bonchev–Trinajstić information content (AvgIpc) is 2.26. The maximum atomic E-state index is 11.8. The molecule has 0 radical (unpaired) electrons. The van der Waals surface area contributed by atoms with Crippen molar-refractivity contribution in [3.63, 3.8) is 0 Å². The monoisotopic (exact) mass is 280 g/mol. The Labute approximate surface area is 107 Å². The molecule has 0 saturated carbocycles. The summed E-state index contributed by atoms with van der Waals surface area (Å²) >= 11 is 5.76. The van der Waals surface area contributed by atoms with E-state index >= 15 is 0 Å². The molecule has 0 spiro atoms. The number of anilines is 1. The molecule has 100 valence electrons. The van der Waals surface area contributed by atoms with Gasteiger partial charge in [-0.15, -0.1) is 0 Å². The number of benzene rings is 1. The highest BCUT2D eigenvalue weighted by Crippen LogP contribution is 2.19. The number of carbonyl (C=O) groups excluding carboxylic acids is 1. The molecule has 0 unspecified atom stereocenters. The highest BCUT2D eigenvalue weighted by molar-refractivity contribution is 6.30. The predicted molar refractivity (Wildman–Crippen MR) is 63.7 cm³/mol. The number of nitrogens with one attached hydrogen (secondary N) is 2. The normalized spacial score (nSPS) is 11.2. The van der Waals surface area contributed by atoms with E-state index in [4.69, 9.17) is 11.6 Å². The molecule has 0 aromatic heterocycles. The van der Waals surface area contributed by atoms with Crippen molar-refractivity contribution in [2.24, 2.45) is 0 Å². The van der Waals surface area contributed by atoms with E-state index in [0.29, 0.717) is 10.7 Å². The van der Waals surface area contributed by atoms with Gasteiger partial charge in [0.15, 0.2) is 0 Å². The topological polar surface area (TPSA) is 41.1 Å². The lowest BCUT2D eigenvalue weighted by atomic mass is 10.2. The Morgan fingerprint density at radius 3 is 2.67 bits per heavy atom. The van der Waals surface area contributed by atoms with Gasteiger partial charge in [-0.3, -0.25) is 4.79 Å². The van der Waals surface area contributed by atoms with E-state index in [1.54, 1.807) is 30.4 Å². The van der Waals surface area contributed by atoms with Gasteiger partial charge < -0.3 is 10.6 Å². The minimum absolute atomic E-state index is 0.239. The zero-order chi connectivity index (χ0) is 13.8. The Balaban J connectivity index is 2.45. The molecule has 0 fully saturated rings. The summed E-state index contributed by atoms with van der Waals surface area (Å²) < 4.78 is 35.5. The Hall–Kier alpha value is -1.43. The van der Waals surface area contributed by atoms with Crippen molar-refractivity contribution in [1.29, 1.82) is 0 Å². The molecule has 1 aromatic carbocycles. The van der Waals surface area contributed by atoms with E-state index in [1.165, 1.54) is 0 Å². The van der Waals surface area contributed by atoms with Gasteiger partial charge >= 0.3 is 6.18 Å². The summed E-state index contributed by atoms with van der Waals surface area (Å²) in [7, 11) is 0. The van der Waals surface area contributed by atoms with E-state index in [1.807, 2.05) is 0 Å². The second kappa shape index (κ2) is 5.95. The van der Waals surface area contributed by atoms with E-state index in [2.05, 4.69) is 5.32 Å². The van der Waals surface area contributed by atoms with Gasteiger partial charge in [0, 0.05) is 10.7 Å². The lowest BCUT2D eigenvalue weighted by Crippen LogP contribution is -2.37. The van der Waals surface area contributed by atoms with Gasteiger partial charge in [-0.2, -0.15) is 13.2 Å². The van der Waals surface area contributed by atoms with Crippen LogP contribution in [0.15, 0.2) is 18.2 Å². The van der Waals surface area contributed by atoms with Crippen molar-refractivity contribution in [2.45, 2.75) is 13.1 Å². The lowest BCUT2D eigenvalue weighted by Gasteiger charge is -2.11. The van der Waals surface area contributed by atoms with Crippen LogP contribution in [0.3, 0.4) is 0 Å². The van der Waals surface area contributed by atoms with Crippen LogP contribution in [0, 0.1) is 6.92 Å². The quantitative estimate of drug-likeness (QED) is 0.890. The fourth-order valence-corrected chi connectivity index (χ4v) is 1.39. The molecular formula is C11H12ClF3N2O. The van der Waals surface area contributed by atoms with Gasteiger partial charge in [-0.05, 0) is 24.6 Å². The van der Waals surface area contributed by atoms with Crippen molar-refractivity contribution < 1.29 is 18.0 Å². The van der Waals surface area contributed by atoms with Crippen LogP contribution in [0.4, 0.5) is 18.9 Å². The molecule has 0 aliphatic rings. The van der Waals surface area contributed by atoms with E-state index in [-0.39, 0.29) is 6.54 Å². The molecule has 0 saturated heterocycles. The Bertz CT molecular complexity index is 435. The van der Waals surface area contributed by atoms with Gasteiger partial charge in [0.25, 0.3) is 0 Å². The largest absolute Gasteiger partial charge is 0.405 e. The molecule has 0 atom stereocenters. The first-order valence-electron chi connectivity index (χ1n) is 5.11. The van der Waals surface area contributed by atoms with Crippen LogP contribution < -0.4 is 10.6 Å². The number of hydrogen-bond acceptors (Lipinski definition) is 2. The highest BCUT2D eigenvalue weighted by Gasteiger charge is 2.27. The number of hydrogen-bond donors (Lipinski definition) is 2. The van der Waals surface area contributed by atoms with E-state index in [9.17, 15) is 18.0 Å². The minimum atomic E-state index is -4.40. The smallest absolute Gasteiger partial charge is 0.376 e. The molecule has 0 aliphatic carbocycles. The lowest BCUT2D eigenvalue weighted by molar-refractivity contribution is -0.137. The second-order valence-corrected chi connectivity index (χ2v) is 4.14. The van der Waals surface area contributed by atoms with Gasteiger partial charge in [-0.25, -0.2) is 0 Å². The third-order valence-corrected chi connectivity index (χ3v) is 2.36. The zero-order valence-corrected chi connectivity index (χ0v) is 10.3. The van der Waals surface area contributed by atoms with Gasteiger partial charge in [0.1, 0.15) is 6.54 Å². The summed E-state index contributed by atoms with van der Waals surface area (Å²) in [4.78, 5) is 11.2. The molecule has 1 rings (SSSR count). The predicted octanol–water partition coefficient (Wildman–Crippen LogP) is 2.74. The van der Waals surface area contributed by atoms with Gasteiger partial charge in [0.2, 0.25) is 5.91 Å². The van der Waals surface area contributed by atoms with E-state index < -0.39 is 18.6 Å². The van der Waals surface area contributed by atoms with E-state index in [0.717, 1.165) is 5.56 Å². The maximum Gasteiger partial charge on any atom is 0.405 e. The summed E-state index contributed by atoms with van der Waals surface area (Å²) in [5.41, 5.74) is 1.47. The number of alkyl halides is 3. The highest BCUT2D eigenvalue weighted by atomic mass is 35.5. The third kappa shape index (κ3) is 5.27. The third-order valence-electron chi connectivity index (χ3n) is 2.13. The van der Waals surface area contributed by atoms with Crippen LogP contribution in [0.2, 0.25) is 5.02 Å². The van der Waals surface area contributed by atoms with Crippen LogP contribution in [0.1, 0.15) is 5.56 Å². The summed E-state index contributed by atoms with van der Waals surface area (Å²) in [6, 6.07) is 5.04. The van der Waals surface area contributed by atoms with Crippen molar-refractivity contribution in [3.8, 4) is 0 Å². The minimum Gasteiger partial charge on any atom is -0.376 e. The molecule has 1 aromatic rings. The molecule has 3 nitrogen and oxygen atoms in total. The zero-order valence-electron chi connectivity index (χ0n) is 9.57. The maximum absolute atomic E-state index is 11.8. The molecule has 0 aliphatic heterocycles. The molecule has 7 heteroatoms. The number of amides is 1. The van der Waals surface area contributed by atoms with Crippen LogP contribution >= 0.6 is 11.6 Å². The molecule has 0 heterocycles. The number of rotatable bonds is 4. The number of aryl methyl sites for hydroxylation is 1. The number of halogens is 4. The molecule has 1 amide bonds. The SMILES string of the molecule is Cc1ccc(Cl)cc1NCC(=O)NCC(F)(F)F. The Morgan fingerprint density at radius 2 is 2.06 bits per heavy atom. The molecule has 18 heavy (non-hydrogen) atoms.